The van der Waals surface area contributed by atoms with Gasteiger partial charge in [0.15, 0.2) is 0 Å². The quantitative estimate of drug-likeness (QED) is 0.396. The van der Waals surface area contributed by atoms with Gasteiger partial charge in [0.2, 0.25) is 0 Å². The van der Waals surface area contributed by atoms with E-state index in [0.29, 0.717) is 0 Å². The van der Waals surface area contributed by atoms with Crippen LogP contribution in [0.25, 0.3) is 0 Å². The van der Waals surface area contributed by atoms with Crippen LogP contribution in [0.15, 0.2) is 23.3 Å². The molecule has 1 aliphatic carbocycles. The first-order valence-electron chi connectivity index (χ1n) is 2.63. The van der Waals surface area contributed by atoms with Crippen molar-refractivity contribution in [2.75, 3.05) is 0 Å². The zero-order chi connectivity index (χ0) is 5.28. The van der Waals surface area contributed by atoms with Gasteiger partial charge < -0.3 is 9.41 Å². The Labute approximate surface area is 79.2 Å². The van der Waals surface area contributed by atoms with Gasteiger partial charge in [-0.1, -0.05) is 23.3 Å². The summed E-state index contributed by atoms with van der Waals surface area (Å²) < 4.78 is 0. The first-order valence-corrected chi connectivity index (χ1v) is 2.63. The third-order valence-electron chi connectivity index (χ3n) is 1.47. The van der Waals surface area contributed by atoms with Gasteiger partial charge in [-0.2, -0.15) is 0 Å². The molecule has 0 saturated heterocycles. The van der Waals surface area contributed by atoms with Gasteiger partial charge in [0, 0.05) is 0 Å². The van der Waals surface area contributed by atoms with E-state index in [-0.39, 0.29) is 35.6 Å². The fourth-order valence-corrected chi connectivity index (χ4v) is 0.716. The fourth-order valence-electron chi connectivity index (χ4n) is 0.716. The van der Waals surface area contributed by atoms with E-state index in [9.17, 15) is 0 Å². The molecule has 0 bridgehead atoms. The number of allylic oxidation sites excluding steroid dienone is 4. The normalized spacial score (nSPS) is 13.4. The van der Waals surface area contributed by atoms with Gasteiger partial charge in [-0.15, -0.1) is 0 Å². The van der Waals surface area contributed by atoms with Crippen LogP contribution < -0.4 is 9.41 Å². The molecule has 0 aliphatic heterocycles. The Balaban J connectivity index is -0.000000163. The molecule has 0 atom stereocenters. The predicted octanol–water partition coefficient (Wildman–Crippen LogP) is -3.71. The van der Waals surface area contributed by atoms with E-state index in [0.717, 1.165) is 0 Å². The Morgan fingerprint density at radius 1 is 1.20 bits per heavy atom. The van der Waals surface area contributed by atoms with Crippen molar-refractivity contribution in [3.63, 3.8) is 0 Å². The Bertz CT molecular complexity index is 139. The molecule has 3 heteroatoms. The third-order valence-corrected chi connectivity index (χ3v) is 1.47. The Kier molecular flexibility index (Phi) is 12.2. The van der Waals surface area contributed by atoms with Crippen molar-refractivity contribution in [2.24, 2.45) is 0 Å². The number of rotatable bonds is 0. The van der Waals surface area contributed by atoms with Gasteiger partial charge in [-0.3, -0.25) is 0 Å². The van der Waals surface area contributed by atoms with Crippen molar-refractivity contribution in [3.8, 4) is 0 Å². The summed E-state index contributed by atoms with van der Waals surface area (Å²) in [6, 6.07) is 0. The minimum atomic E-state index is 0. The van der Waals surface area contributed by atoms with Crippen LogP contribution in [0.4, 0.5) is 0 Å². The summed E-state index contributed by atoms with van der Waals surface area (Å²) in [5.41, 5.74) is 2.96. The van der Waals surface area contributed by atoms with E-state index >= 15 is 0 Å². The fraction of sp³-hybridized carbons (Fsp3) is 0.429. The van der Waals surface area contributed by atoms with Gasteiger partial charge in [0.1, 0.15) is 0 Å². The van der Waals surface area contributed by atoms with Crippen LogP contribution in [0.5, 0.6) is 0 Å². The molecule has 0 nitrogen and oxygen atoms in total. The van der Waals surface area contributed by atoms with Crippen molar-refractivity contribution in [2.45, 2.75) is 20.3 Å². The third kappa shape index (κ3) is 4.11. The van der Waals surface area contributed by atoms with Crippen LogP contribution in [-0.2, 0) is 26.2 Å². The monoisotopic (exact) mass is 222 g/mol. The van der Waals surface area contributed by atoms with Gasteiger partial charge in [-0.25, -0.2) is 0 Å². The molecule has 0 heterocycles. The standard InChI is InChI=1S/C7H10.2FH.Zr/c1-6-4-3-5-7(6)2;;;/h3-4H,5H2,1-2H3;2*1H;/q;;;+2/p-2. The van der Waals surface area contributed by atoms with Crippen LogP contribution in [0.3, 0.4) is 0 Å². The second-order valence-corrected chi connectivity index (χ2v) is 2.07. The SMILES string of the molecule is CC1=C(C)CC=C1.[F-].[F-].[Zr+2]. The number of hydrogen-bond donors (Lipinski definition) is 0. The summed E-state index contributed by atoms with van der Waals surface area (Å²) in [6.45, 7) is 4.33. The van der Waals surface area contributed by atoms with Crippen molar-refractivity contribution < 1.29 is 35.6 Å². The topological polar surface area (TPSA) is 0 Å². The van der Waals surface area contributed by atoms with Gasteiger partial charge in [-0.05, 0) is 20.3 Å². The smallest absolute Gasteiger partial charge is 1.00 e. The molecule has 56 valence electrons. The molecule has 0 aromatic carbocycles. The summed E-state index contributed by atoms with van der Waals surface area (Å²) in [7, 11) is 0. The first kappa shape index (κ1) is 16.7. The van der Waals surface area contributed by atoms with E-state index in [1.165, 1.54) is 17.6 Å². The second-order valence-electron chi connectivity index (χ2n) is 2.07. The molecule has 10 heavy (non-hydrogen) atoms. The molecule has 0 fully saturated rings. The summed E-state index contributed by atoms with van der Waals surface area (Å²) >= 11 is 0. The number of hydrogen-bond acceptors (Lipinski definition) is 0. The summed E-state index contributed by atoms with van der Waals surface area (Å²) in [5, 5.41) is 0. The molecule has 0 unspecified atom stereocenters. The molecule has 0 radical (unpaired) electrons. The van der Waals surface area contributed by atoms with Crippen LogP contribution in [0.2, 0.25) is 0 Å². The van der Waals surface area contributed by atoms with E-state index in [4.69, 9.17) is 0 Å². The minimum Gasteiger partial charge on any atom is -1.00 e. The van der Waals surface area contributed by atoms with Crippen LogP contribution in [0, 0.1) is 0 Å². The van der Waals surface area contributed by atoms with Gasteiger partial charge in [0.25, 0.3) is 0 Å². The van der Waals surface area contributed by atoms with Gasteiger partial charge in [0.05, 0.1) is 0 Å². The summed E-state index contributed by atoms with van der Waals surface area (Å²) in [4.78, 5) is 0. The molecule has 0 aromatic rings. The van der Waals surface area contributed by atoms with Crippen LogP contribution >= 0.6 is 0 Å². The molecule has 0 aromatic heterocycles. The summed E-state index contributed by atoms with van der Waals surface area (Å²) in [5.74, 6) is 0. The first-order chi connectivity index (χ1) is 3.30. The molecule has 0 amide bonds. The largest absolute Gasteiger partial charge is 2.00 e. The Morgan fingerprint density at radius 2 is 1.70 bits per heavy atom. The molecule has 0 spiro atoms. The van der Waals surface area contributed by atoms with Crippen molar-refractivity contribution in [1.29, 1.82) is 0 Å². The van der Waals surface area contributed by atoms with Crippen molar-refractivity contribution in [1.82, 2.24) is 0 Å². The maximum atomic E-state index is 2.20. The Hall–Kier alpha value is 0.223. The maximum absolute atomic E-state index is 2.20. The molecule has 0 N–H and O–H groups in total. The minimum absolute atomic E-state index is 0. The summed E-state index contributed by atoms with van der Waals surface area (Å²) in [6.07, 6.45) is 5.55. The average molecular weight is 223 g/mol. The molecule has 1 aliphatic rings. The zero-order valence-electron chi connectivity index (χ0n) is 6.12. The Morgan fingerprint density at radius 3 is 1.80 bits per heavy atom. The van der Waals surface area contributed by atoms with E-state index in [2.05, 4.69) is 26.0 Å². The van der Waals surface area contributed by atoms with Crippen LogP contribution in [0.1, 0.15) is 20.3 Å². The average Bonchev–Trinajstić information content (AvgIpc) is 1.91. The molecular weight excluding hydrogens is 213 g/mol. The molecule has 0 saturated carbocycles. The van der Waals surface area contributed by atoms with E-state index in [1.807, 2.05) is 0 Å². The molecular formula is C7H10F2Zr. The van der Waals surface area contributed by atoms with Crippen molar-refractivity contribution >= 4 is 0 Å². The van der Waals surface area contributed by atoms with Gasteiger partial charge >= 0.3 is 26.2 Å². The second kappa shape index (κ2) is 7.33. The predicted molar refractivity (Wildman–Crippen MR) is 32.1 cm³/mol. The molecule has 1 rings (SSSR count). The zero-order valence-corrected chi connectivity index (χ0v) is 8.58. The van der Waals surface area contributed by atoms with E-state index in [1.54, 1.807) is 0 Å². The maximum Gasteiger partial charge on any atom is 2.00 e. The number of halogens is 2. The van der Waals surface area contributed by atoms with Crippen LogP contribution in [-0.4, -0.2) is 0 Å². The van der Waals surface area contributed by atoms with E-state index < -0.39 is 0 Å². The van der Waals surface area contributed by atoms with Crippen molar-refractivity contribution in [3.05, 3.63) is 23.3 Å².